The number of amides is 1. The van der Waals surface area contributed by atoms with E-state index in [0.717, 1.165) is 9.56 Å². The van der Waals surface area contributed by atoms with Crippen molar-refractivity contribution in [2.45, 2.75) is 31.2 Å². The summed E-state index contributed by atoms with van der Waals surface area (Å²) in [4.78, 5) is 13.4. The van der Waals surface area contributed by atoms with Gasteiger partial charge >= 0.3 is 6.18 Å². The van der Waals surface area contributed by atoms with E-state index in [9.17, 15) is 18.0 Å². The van der Waals surface area contributed by atoms with Gasteiger partial charge in [-0.05, 0) is 29.1 Å². The molecule has 3 heterocycles. The molecule has 2 N–H and O–H groups in total. The van der Waals surface area contributed by atoms with E-state index in [1.165, 1.54) is 31.6 Å². The van der Waals surface area contributed by atoms with E-state index >= 15 is 0 Å². The lowest BCUT2D eigenvalue weighted by Gasteiger charge is -2.33. The highest BCUT2D eigenvalue weighted by Crippen LogP contribution is 2.44. The number of nitrogens with zero attached hydrogens (tertiary/aromatic N) is 2. The van der Waals surface area contributed by atoms with E-state index in [4.69, 9.17) is 9.47 Å². The van der Waals surface area contributed by atoms with Crippen molar-refractivity contribution in [3.05, 3.63) is 57.9 Å². The lowest BCUT2D eigenvalue weighted by Crippen LogP contribution is -2.35. The molecule has 170 valence electrons. The number of carbonyl (C=O) groups excluding carboxylic acids is 1. The van der Waals surface area contributed by atoms with E-state index in [0.29, 0.717) is 17.1 Å². The van der Waals surface area contributed by atoms with E-state index in [1.807, 2.05) is 17.5 Å². The number of fused-ring (bicyclic) bond motifs is 1. The van der Waals surface area contributed by atoms with Crippen LogP contribution >= 0.6 is 11.3 Å². The monoisotopic (exact) mass is 466 g/mol. The maximum atomic E-state index is 13.9. The highest BCUT2D eigenvalue weighted by Gasteiger charge is 2.47. The zero-order chi connectivity index (χ0) is 22.9. The van der Waals surface area contributed by atoms with Gasteiger partial charge in [-0.15, -0.1) is 11.3 Å². The lowest BCUT2D eigenvalue weighted by molar-refractivity contribution is -0.173. The topological polar surface area (TPSA) is 77.4 Å². The molecule has 0 spiro atoms. The fraction of sp³-hybridized carbons (Fsp3) is 0.333. The van der Waals surface area contributed by atoms with E-state index in [1.54, 1.807) is 18.2 Å². The summed E-state index contributed by atoms with van der Waals surface area (Å²) in [6, 6.07) is 7.50. The normalized spacial score (nSPS) is 17.9. The molecule has 7 nitrogen and oxygen atoms in total. The molecule has 3 aromatic rings. The third-order valence-electron chi connectivity index (χ3n) is 5.24. The van der Waals surface area contributed by atoms with Crippen molar-refractivity contribution < 1.29 is 27.4 Å². The number of nitrogens with one attached hydrogen (secondary N) is 2. The van der Waals surface area contributed by atoms with Gasteiger partial charge in [-0.3, -0.25) is 4.79 Å². The smallest absolute Gasteiger partial charge is 0.410 e. The largest absolute Gasteiger partial charge is 0.493 e. The Hall–Kier alpha value is -3.21. The molecule has 1 amide bonds. The van der Waals surface area contributed by atoms with Crippen LogP contribution in [0, 0.1) is 0 Å². The standard InChI is InChI=1S/C21H21F3N4O3S/c1-30-16-6-5-12(8-17(16)31-2)14-9-18(21(22,23)24)28-19(26-14)10-15(27-28)20(29)25-11-13-4-3-7-32-13/h3-8,10,14,18,26H,9,11H2,1-2H3,(H,25,29)/t14-,18+/m0/s1. The summed E-state index contributed by atoms with van der Waals surface area (Å²) in [6.45, 7) is 0.281. The van der Waals surface area contributed by atoms with E-state index in [2.05, 4.69) is 15.7 Å². The number of halogens is 3. The molecule has 4 rings (SSSR count). The first-order valence-corrected chi connectivity index (χ1v) is 10.6. The summed E-state index contributed by atoms with van der Waals surface area (Å²) < 4.78 is 53.0. The Morgan fingerprint density at radius 2 is 2.03 bits per heavy atom. The number of anilines is 1. The average Bonchev–Trinajstić information content (AvgIpc) is 3.45. The number of hydrogen-bond acceptors (Lipinski definition) is 6. The van der Waals surface area contributed by atoms with Gasteiger partial charge in [0.15, 0.2) is 23.2 Å². The molecule has 1 aromatic carbocycles. The summed E-state index contributed by atoms with van der Waals surface area (Å²) in [7, 11) is 2.95. The summed E-state index contributed by atoms with van der Waals surface area (Å²) in [5, 5.41) is 11.6. The SMILES string of the molecule is COc1ccc([C@@H]2C[C@H](C(F)(F)F)n3nc(C(=O)NCc4cccs4)cc3N2)cc1OC. The number of methoxy groups -OCH3 is 2. The Balaban J connectivity index is 1.61. The van der Waals surface area contributed by atoms with Crippen molar-refractivity contribution in [2.75, 3.05) is 19.5 Å². The Labute approximate surface area is 186 Å². The van der Waals surface area contributed by atoms with E-state index < -0.39 is 24.2 Å². The van der Waals surface area contributed by atoms with Crippen LogP contribution in [0.1, 0.15) is 39.4 Å². The Kier molecular flexibility index (Phi) is 6.00. The first kappa shape index (κ1) is 22.0. The van der Waals surface area contributed by atoms with Crippen LogP contribution in [0.25, 0.3) is 0 Å². The molecule has 0 saturated heterocycles. The van der Waals surface area contributed by atoms with Crippen molar-refractivity contribution in [3.8, 4) is 11.5 Å². The number of rotatable bonds is 6. The number of thiophene rings is 1. The Morgan fingerprint density at radius 3 is 2.69 bits per heavy atom. The molecule has 0 bridgehead atoms. The summed E-state index contributed by atoms with van der Waals surface area (Å²) in [5.74, 6) is 0.488. The van der Waals surface area contributed by atoms with Gasteiger partial charge in [0.25, 0.3) is 5.91 Å². The molecule has 1 aliphatic rings. The van der Waals surface area contributed by atoms with Crippen molar-refractivity contribution in [3.63, 3.8) is 0 Å². The van der Waals surface area contributed by atoms with Crippen LogP contribution in [-0.2, 0) is 6.54 Å². The quantitative estimate of drug-likeness (QED) is 0.557. The van der Waals surface area contributed by atoms with Gasteiger partial charge in [-0.2, -0.15) is 18.3 Å². The number of ether oxygens (including phenoxy) is 2. The van der Waals surface area contributed by atoms with Crippen LogP contribution in [0.2, 0.25) is 0 Å². The third kappa shape index (κ3) is 4.38. The summed E-state index contributed by atoms with van der Waals surface area (Å²) in [6.07, 6.45) is -4.83. The summed E-state index contributed by atoms with van der Waals surface area (Å²) >= 11 is 1.47. The second kappa shape index (κ2) is 8.73. The predicted octanol–water partition coefficient (Wildman–Crippen LogP) is 4.55. The first-order valence-electron chi connectivity index (χ1n) is 9.75. The van der Waals surface area contributed by atoms with Gasteiger partial charge < -0.3 is 20.1 Å². The zero-order valence-electron chi connectivity index (χ0n) is 17.3. The molecule has 2 aromatic heterocycles. The molecule has 0 fully saturated rings. The number of alkyl halides is 3. The number of hydrogen-bond donors (Lipinski definition) is 2. The molecule has 0 saturated carbocycles. The maximum Gasteiger partial charge on any atom is 0.410 e. The van der Waals surface area contributed by atoms with Gasteiger partial charge in [0.1, 0.15) is 5.82 Å². The predicted molar refractivity (Wildman–Crippen MR) is 113 cm³/mol. The van der Waals surface area contributed by atoms with Gasteiger partial charge in [-0.25, -0.2) is 4.68 Å². The van der Waals surface area contributed by atoms with Crippen LogP contribution in [0.3, 0.4) is 0 Å². The molecular weight excluding hydrogens is 445 g/mol. The van der Waals surface area contributed by atoms with Gasteiger partial charge in [0.2, 0.25) is 0 Å². The minimum Gasteiger partial charge on any atom is -0.493 e. The Bertz CT molecular complexity index is 1100. The van der Waals surface area contributed by atoms with Crippen LogP contribution in [0.5, 0.6) is 11.5 Å². The second-order valence-corrected chi connectivity index (χ2v) is 8.26. The van der Waals surface area contributed by atoms with Gasteiger partial charge in [0, 0.05) is 17.4 Å². The molecule has 0 unspecified atom stereocenters. The molecule has 1 aliphatic heterocycles. The zero-order valence-corrected chi connectivity index (χ0v) is 18.1. The van der Waals surface area contributed by atoms with Crippen LogP contribution in [0.4, 0.5) is 19.0 Å². The van der Waals surface area contributed by atoms with Crippen LogP contribution in [-0.4, -0.2) is 36.1 Å². The molecule has 11 heteroatoms. The van der Waals surface area contributed by atoms with Crippen molar-refractivity contribution in [1.82, 2.24) is 15.1 Å². The highest BCUT2D eigenvalue weighted by atomic mass is 32.1. The minimum atomic E-state index is -4.54. The minimum absolute atomic E-state index is 0.0775. The number of benzene rings is 1. The van der Waals surface area contributed by atoms with Crippen LogP contribution < -0.4 is 20.1 Å². The van der Waals surface area contributed by atoms with Gasteiger partial charge in [-0.1, -0.05) is 12.1 Å². The number of carbonyl (C=O) groups is 1. The van der Waals surface area contributed by atoms with E-state index in [-0.39, 0.29) is 24.5 Å². The molecule has 2 atom stereocenters. The second-order valence-electron chi connectivity index (χ2n) is 7.23. The molecule has 0 radical (unpaired) electrons. The lowest BCUT2D eigenvalue weighted by atomic mass is 9.96. The van der Waals surface area contributed by atoms with Crippen molar-refractivity contribution >= 4 is 23.1 Å². The number of aromatic nitrogens is 2. The highest BCUT2D eigenvalue weighted by molar-refractivity contribution is 7.09. The van der Waals surface area contributed by atoms with Crippen molar-refractivity contribution in [2.24, 2.45) is 0 Å². The van der Waals surface area contributed by atoms with Crippen LogP contribution in [0.15, 0.2) is 41.8 Å². The fourth-order valence-electron chi connectivity index (χ4n) is 3.64. The van der Waals surface area contributed by atoms with Gasteiger partial charge in [0.05, 0.1) is 26.8 Å². The molecule has 32 heavy (non-hydrogen) atoms. The molecule has 0 aliphatic carbocycles. The fourth-order valence-corrected chi connectivity index (χ4v) is 4.29. The third-order valence-corrected chi connectivity index (χ3v) is 6.11. The maximum absolute atomic E-state index is 13.9. The Morgan fingerprint density at radius 1 is 1.25 bits per heavy atom. The molecular formula is C21H21F3N4O3S. The average molecular weight is 466 g/mol. The first-order chi connectivity index (χ1) is 15.3. The summed E-state index contributed by atoms with van der Waals surface area (Å²) in [5.41, 5.74) is 0.527. The van der Waals surface area contributed by atoms with Crippen molar-refractivity contribution in [1.29, 1.82) is 0 Å².